The van der Waals surface area contributed by atoms with Crippen molar-refractivity contribution >= 4 is 5.91 Å². The van der Waals surface area contributed by atoms with E-state index < -0.39 is 6.10 Å². The minimum Gasteiger partial charge on any atom is -0.390 e. The Hall–Kier alpha value is -1.40. The maximum Gasteiger partial charge on any atom is 0.220 e. The monoisotopic (exact) mass is 308 g/mol. The summed E-state index contributed by atoms with van der Waals surface area (Å²) < 4.78 is 1.73. The van der Waals surface area contributed by atoms with Gasteiger partial charge in [-0.15, -0.1) is 0 Å². The van der Waals surface area contributed by atoms with Gasteiger partial charge in [-0.05, 0) is 37.9 Å². The molecular formula is C16H28N4O2. The Labute approximate surface area is 132 Å². The molecule has 2 heterocycles. The van der Waals surface area contributed by atoms with Crippen LogP contribution in [0.25, 0.3) is 0 Å². The number of aryl methyl sites for hydroxylation is 2. The molecule has 1 atom stereocenters. The van der Waals surface area contributed by atoms with Crippen molar-refractivity contribution in [3.05, 3.63) is 18.0 Å². The number of carbonyl (C=O) groups is 1. The summed E-state index contributed by atoms with van der Waals surface area (Å²) in [6, 6.07) is 0. The minimum atomic E-state index is -0.486. The zero-order valence-electron chi connectivity index (χ0n) is 13.5. The highest BCUT2D eigenvalue weighted by Gasteiger charge is 2.14. The van der Waals surface area contributed by atoms with Crippen molar-refractivity contribution in [3.63, 3.8) is 0 Å². The van der Waals surface area contributed by atoms with E-state index in [1.807, 2.05) is 13.2 Å². The summed E-state index contributed by atoms with van der Waals surface area (Å²) in [5, 5.41) is 17.0. The number of likely N-dealkylation sites (tertiary alicyclic amines) is 1. The number of β-amino-alcohol motifs (C(OH)–C–C–N with tert-alkyl or cyclic N) is 1. The van der Waals surface area contributed by atoms with Gasteiger partial charge in [-0.25, -0.2) is 0 Å². The van der Waals surface area contributed by atoms with E-state index in [1.54, 1.807) is 10.9 Å². The van der Waals surface area contributed by atoms with E-state index in [4.69, 9.17) is 0 Å². The lowest BCUT2D eigenvalue weighted by Gasteiger charge is -2.23. The van der Waals surface area contributed by atoms with Crippen LogP contribution >= 0.6 is 0 Å². The summed E-state index contributed by atoms with van der Waals surface area (Å²) in [7, 11) is 1.86. The molecule has 1 aliphatic rings. The fraction of sp³-hybridized carbons (Fsp3) is 0.750. The number of nitrogens with one attached hydrogen (secondary N) is 1. The lowest BCUT2D eigenvalue weighted by molar-refractivity contribution is -0.121. The molecule has 0 bridgehead atoms. The zero-order chi connectivity index (χ0) is 15.8. The number of amides is 1. The van der Waals surface area contributed by atoms with Gasteiger partial charge in [0, 0.05) is 32.8 Å². The second-order valence-corrected chi connectivity index (χ2v) is 6.19. The zero-order valence-corrected chi connectivity index (χ0v) is 13.5. The first-order chi connectivity index (χ1) is 10.6. The van der Waals surface area contributed by atoms with Crippen LogP contribution in [0.3, 0.4) is 0 Å². The smallest absolute Gasteiger partial charge is 0.220 e. The maximum absolute atomic E-state index is 11.8. The predicted molar refractivity (Wildman–Crippen MR) is 85.5 cm³/mol. The Morgan fingerprint density at radius 3 is 2.73 bits per heavy atom. The first-order valence-corrected chi connectivity index (χ1v) is 8.28. The van der Waals surface area contributed by atoms with Crippen molar-refractivity contribution in [2.45, 2.75) is 44.6 Å². The second kappa shape index (κ2) is 8.90. The van der Waals surface area contributed by atoms with E-state index in [1.165, 1.54) is 25.7 Å². The van der Waals surface area contributed by atoms with Crippen molar-refractivity contribution in [2.75, 3.05) is 26.2 Å². The van der Waals surface area contributed by atoms with Crippen LogP contribution in [0.1, 0.15) is 37.7 Å². The first kappa shape index (κ1) is 17.0. The van der Waals surface area contributed by atoms with Gasteiger partial charge in [-0.3, -0.25) is 9.48 Å². The van der Waals surface area contributed by atoms with E-state index in [-0.39, 0.29) is 5.91 Å². The normalized spacial score (nSPS) is 17.9. The Balaban J connectivity index is 1.60. The fourth-order valence-electron chi connectivity index (χ4n) is 2.86. The minimum absolute atomic E-state index is 0.0150. The van der Waals surface area contributed by atoms with Crippen LogP contribution in [0.2, 0.25) is 0 Å². The molecule has 6 heteroatoms. The van der Waals surface area contributed by atoms with Crippen molar-refractivity contribution in [1.29, 1.82) is 0 Å². The van der Waals surface area contributed by atoms with E-state index in [9.17, 15) is 9.90 Å². The van der Waals surface area contributed by atoms with Crippen LogP contribution in [0, 0.1) is 0 Å². The van der Waals surface area contributed by atoms with Crippen molar-refractivity contribution in [2.24, 2.45) is 7.05 Å². The molecule has 0 unspecified atom stereocenters. The van der Waals surface area contributed by atoms with Crippen molar-refractivity contribution in [3.8, 4) is 0 Å². The van der Waals surface area contributed by atoms with Gasteiger partial charge in [0.25, 0.3) is 0 Å². The highest BCUT2D eigenvalue weighted by atomic mass is 16.3. The number of aliphatic hydroxyl groups is 1. The summed E-state index contributed by atoms with van der Waals surface area (Å²) in [5.74, 6) is -0.0150. The Kier molecular flexibility index (Phi) is 6.86. The van der Waals surface area contributed by atoms with Gasteiger partial charge >= 0.3 is 0 Å². The molecule has 1 aromatic heterocycles. The molecule has 22 heavy (non-hydrogen) atoms. The highest BCUT2D eigenvalue weighted by Crippen LogP contribution is 2.09. The molecule has 6 nitrogen and oxygen atoms in total. The fourth-order valence-corrected chi connectivity index (χ4v) is 2.86. The van der Waals surface area contributed by atoms with E-state index in [0.29, 0.717) is 25.9 Å². The third-order valence-corrected chi connectivity index (χ3v) is 4.10. The van der Waals surface area contributed by atoms with Gasteiger partial charge in [0.05, 0.1) is 12.3 Å². The molecule has 1 saturated heterocycles. The van der Waals surface area contributed by atoms with Crippen LogP contribution in [0.5, 0.6) is 0 Å². The summed E-state index contributed by atoms with van der Waals surface area (Å²) in [5.41, 5.74) is 1.06. The molecule has 0 aromatic carbocycles. The molecule has 1 aromatic rings. The average molecular weight is 308 g/mol. The quantitative estimate of drug-likeness (QED) is 0.778. The third kappa shape index (κ3) is 6.15. The van der Waals surface area contributed by atoms with Gasteiger partial charge < -0.3 is 15.3 Å². The number of hydrogen-bond acceptors (Lipinski definition) is 4. The first-order valence-electron chi connectivity index (χ1n) is 8.28. The summed E-state index contributed by atoms with van der Waals surface area (Å²) in [6.07, 6.45) is 9.33. The Bertz CT molecular complexity index is 453. The molecule has 1 aliphatic heterocycles. The molecule has 1 amide bonds. The molecule has 0 spiro atoms. The number of aromatic nitrogens is 2. The highest BCUT2D eigenvalue weighted by molar-refractivity contribution is 5.76. The number of rotatable bonds is 7. The van der Waals surface area contributed by atoms with Crippen LogP contribution < -0.4 is 5.32 Å². The predicted octanol–water partition coefficient (Wildman–Crippen LogP) is 0.706. The molecule has 0 aliphatic carbocycles. The van der Waals surface area contributed by atoms with Crippen molar-refractivity contribution in [1.82, 2.24) is 20.0 Å². The van der Waals surface area contributed by atoms with Gasteiger partial charge in [0.2, 0.25) is 5.91 Å². The molecule has 124 valence electrons. The van der Waals surface area contributed by atoms with E-state index in [2.05, 4.69) is 15.3 Å². The molecule has 0 radical (unpaired) electrons. The largest absolute Gasteiger partial charge is 0.390 e. The Morgan fingerprint density at radius 2 is 2.09 bits per heavy atom. The lowest BCUT2D eigenvalue weighted by atomic mass is 10.2. The van der Waals surface area contributed by atoms with Gasteiger partial charge in [-0.1, -0.05) is 12.8 Å². The molecule has 2 rings (SSSR count). The number of aliphatic hydroxyl groups excluding tert-OH is 1. The van der Waals surface area contributed by atoms with Crippen LogP contribution in [0.15, 0.2) is 12.4 Å². The third-order valence-electron chi connectivity index (χ3n) is 4.10. The summed E-state index contributed by atoms with van der Waals surface area (Å²) in [6.45, 7) is 3.11. The second-order valence-electron chi connectivity index (χ2n) is 6.19. The summed E-state index contributed by atoms with van der Waals surface area (Å²) in [4.78, 5) is 14.1. The summed E-state index contributed by atoms with van der Waals surface area (Å²) >= 11 is 0. The van der Waals surface area contributed by atoms with Crippen LogP contribution in [0.4, 0.5) is 0 Å². The van der Waals surface area contributed by atoms with Gasteiger partial charge in [0.1, 0.15) is 0 Å². The van der Waals surface area contributed by atoms with Gasteiger partial charge in [-0.2, -0.15) is 5.10 Å². The maximum atomic E-state index is 11.8. The topological polar surface area (TPSA) is 70.4 Å². The number of hydrogen-bond donors (Lipinski definition) is 2. The van der Waals surface area contributed by atoms with Crippen molar-refractivity contribution < 1.29 is 9.90 Å². The van der Waals surface area contributed by atoms with E-state index in [0.717, 1.165) is 18.7 Å². The molecule has 0 saturated carbocycles. The SMILES string of the molecule is Cn1cc(CCC(=O)NC[C@@H](O)CN2CCCCCC2)cn1. The van der Waals surface area contributed by atoms with Crippen LogP contribution in [-0.4, -0.2) is 58.0 Å². The van der Waals surface area contributed by atoms with Crippen LogP contribution in [-0.2, 0) is 18.3 Å². The van der Waals surface area contributed by atoms with Gasteiger partial charge in [0.15, 0.2) is 0 Å². The standard InChI is InChI=1S/C16H28N4O2/c1-19-12-14(10-18-19)6-7-16(22)17-11-15(21)13-20-8-4-2-3-5-9-20/h10,12,15,21H,2-9,11,13H2,1H3,(H,17,22)/t15-/m1/s1. The number of carbonyl (C=O) groups excluding carboxylic acids is 1. The Morgan fingerprint density at radius 1 is 1.36 bits per heavy atom. The molecular weight excluding hydrogens is 280 g/mol. The van der Waals surface area contributed by atoms with E-state index >= 15 is 0 Å². The lowest BCUT2D eigenvalue weighted by Crippen LogP contribution is -2.40. The molecule has 1 fully saturated rings. The average Bonchev–Trinajstić information content (AvgIpc) is 2.74. The molecule has 2 N–H and O–H groups in total. The number of nitrogens with zero attached hydrogens (tertiary/aromatic N) is 3.